The minimum atomic E-state index is -4.73. The standard InChI is InChI=1S/C17H13F3O2/c1-22-14-9-7-12(8-10-14)11-15(17(18,19)20)16(21)13-5-3-2-4-6-13/h2-11H,1H3/b15-11+. The summed E-state index contributed by atoms with van der Waals surface area (Å²) >= 11 is 0. The number of methoxy groups -OCH3 is 1. The zero-order chi connectivity index (χ0) is 16.2. The molecule has 2 rings (SSSR count). The molecule has 0 saturated heterocycles. The van der Waals surface area contributed by atoms with Crippen molar-refractivity contribution >= 4 is 11.9 Å². The molecule has 0 heterocycles. The summed E-state index contributed by atoms with van der Waals surface area (Å²) in [6, 6.07) is 13.4. The largest absolute Gasteiger partial charge is 0.497 e. The Morgan fingerprint density at radius 3 is 2.09 bits per heavy atom. The Morgan fingerprint density at radius 1 is 1.00 bits per heavy atom. The lowest BCUT2D eigenvalue weighted by atomic mass is 10.0. The van der Waals surface area contributed by atoms with Crippen LogP contribution >= 0.6 is 0 Å². The molecule has 0 aliphatic rings. The molecule has 22 heavy (non-hydrogen) atoms. The van der Waals surface area contributed by atoms with Gasteiger partial charge < -0.3 is 4.74 Å². The lowest BCUT2D eigenvalue weighted by Crippen LogP contribution is -2.20. The first kappa shape index (κ1) is 15.8. The summed E-state index contributed by atoms with van der Waals surface area (Å²) in [4.78, 5) is 12.1. The number of Topliss-reactive ketones (excluding diaryl/α,β-unsaturated/α-hetero) is 1. The Kier molecular flexibility index (Phi) is 4.65. The van der Waals surface area contributed by atoms with Crippen molar-refractivity contribution in [1.82, 2.24) is 0 Å². The van der Waals surface area contributed by atoms with Gasteiger partial charge in [0.05, 0.1) is 7.11 Å². The number of hydrogen-bond acceptors (Lipinski definition) is 2. The number of carbonyl (C=O) groups is 1. The maximum atomic E-state index is 13.2. The fourth-order valence-electron chi connectivity index (χ4n) is 1.89. The second kappa shape index (κ2) is 6.47. The van der Waals surface area contributed by atoms with Crippen LogP contribution in [0.15, 0.2) is 60.2 Å². The Morgan fingerprint density at radius 2 is 1.59 bits per heavy atom. The average molecular weight is 306 g/mol. The fourth-order valence-corrected chi connectivity index (χ4v) is 1.89. The minimum Gasteiger partial charge on any atom is -0.497 e. The first-order valence-electron chi connectivity index (χ1n) is 6.44. The van der Waals surface area contributed by atoms with Crippen LogP contribution in [-0.2, 0) is 0 Å². The predicted molar refractivity (Wildman–Crippen MR) is 77.8 cm³/mol. The molecule has 0 radical (unpaired) electrons. The third-order valence-electron chi connectivity index (χ3n) is 3.01. The number of ether oxygens (including phenoxy) is 1. The molecular formula is C17H13F3O2. The molecule has 2 aromatic rings. The van der Waals surface area contributed by atoms with Gasteiger partial charge in [-0.25, -0.2) is 0 Å². The molecule has 0 aliphatic carbocycles. The van der Waals surface area contributed by atoms with E-state index in [1.54, 1.807) is 6.07 Å². The van der Waals surface area contributed by atoms with Crippen LogP contribution in [0.4, 0.5) is 13.2 Å². The van der Waals surface area contributed by atoms with Crippen molar-refractivity contribution in [2.45, 2.75) is 6.18 Å². The fraction of sp³-hybridized carbons (Fsp3) is 0.118. The molecule has 0 amide bonds. The van der Waals surface area contributed by atoms with E-state index in [2.05, 4.69) is 0 Å². The van der Waals surface area contributed by atoms with E-state index >= 15 is 0 Å². The van der Waals surface area contributed by atoms with Crippen LogP contribution in [0.3, 0.4) is 0 Å². The normalized spacial score (nSPS) is 12.1. The number of carbonyl (C=O) groups excluding carboxylic acids is 1. The molecule has 0 spiro atoms. The molecule has 0 unspecified atom stereocenters. The molecular weight excluding hydrogens is 293 g/mol. The number of alkyl halides is 3. The third-order valence-corrected chi connectivity index (χ3v) is 3.01. The number of benzene rings is 2. The van der Waals surface area contributed by atoms with Gasteiger partial charge in [0.1, 0.15) is 11.3 Å². The summed E-state index contributed by atoms with van der Waals surface area (Å²) in [6.45, 7) is 0. The van der Waals surface area contributed by atoms with Crippen LogP contribution in [0.5, 0.6) is 5.75 Å². The van der Waals surface area contributed by atoms with Gasteiger partial charge in [-0.05, 0) is 23.8 Å². The molecule has 2 nitrogen and oxygen atoms in total. The Balaban J connectivity index is 2.42. The van der Waals surface area contributed by atoms with Crippen molar-refractivity contribution in [3.8, 4) is 5.75 Å². The van der Waals surface area contributed by atoms with Gasteiger partial charge in [-0.15, -0.1) is 0 Å². The summed E-state index contributed by atoms with van der Waals surface area (Å²) in [7, 11) is 1.46. The number of ketones is 1. The van der Waals surface area contributed by atoms with Crippen molar-refractivity contribution in [3.63, 3.8) is 0 Å². The van der Waals surface area contributed by atoms with Crippen molar-refractivity contribution in [1.29, 1.82) is 0 Å². The number of halogens is 3. The van der Waals surface area contributed by atoms with E-state index in [-0.39, 0.29) is 11.1 Å². The maximum absolute atomic E-state index is 13.2. The van der Waals surface area contributed by atoms with Gasteiger partial charge in [0, 0.05) is 5.56 Å². The van der Waals surface area contributed by atoms with Gasteiger partial charge in [0.25, 0.3) is 0 Å². The summed E-state index contributed by atoms with van der Waals surface area (Å²) in [6.07, 6.45) is -3.89. The van der Waals surface area contributed by atoms with Gasteiger partial charge in [-0.3, -0.25) is 4.79 Å². The van der Waals surface area contributed by atoms with E-state index in [4.69, 9.17) is 4.74 Å². The second-order valence-electron chi connectivity index (χ2n) is 4.52. The highest BCUT2D eigenvalue weighted by Crippen LogP contribution is 2.30. The predicted octanol–water partition coefficient (Wildman–Crippen LogP) is 4.52. The van der Waals surface area contributed by atoms with Gasteiger partial charge >= 0.3 is 6.18 Å². The van der Waals surface area contributed by atoms with E-state index in [0.29, 0.717) is 5.75 Å². The quantitative estimate of drug-likeness (QED) is 0.613. The Labute approximate surface area is 125 Å². The van der Waals surface area contributed by atoms with Crippen LogP contribution in [0.25, 0.3) is 6.08 Å². The average Bonchev–Trinajstić information content (AvgIpc) is 2.52. The summed E-state index contributed by atoms with van der Waals surface area (Å²) in [5.74, 6) is -0.524. The zero-order valence-corrected chi connectivity index (χ0v) is 11.7. The van der Waals surface area contributed by atoms with E-state index < -0.39 is 17.5 Å². The summed E-state index contributed by atoms with van der Waals surface area (Å²) in [5, 5.41) is 0. The SMILES string of the molecule is COc1ccc(/C=C(\C(=O)c2ccccc2)C(F)(F)F)cc1. The van der Waals surface area contributed by atoms with E-state index in [0.717, 1.165) is 6.08 Å². The van der Waals surface area contributed by atoms with Gasteiger partial charge in [0.2, 0.25) is 0 Å². The molecule has 0 aromatic heterocycles. The first-order valence-corrected chi connectivity index (χ1v) is 6.44. The third kappa shape index (κ3) is 3.75. The molecule has 0 atom stereocenters. The molecule has 0 bridgehead atoms. The number of allylic oxidation sites excluding steroid dienone is 1. The zero-order valence-electron chi connectivity index (χ0n) is 11.7. The Hall–Kier alpha value is -2.56. The van der Waals surface area contributed by atoms with Crippen LogP contribution < -0.4 is 4.74 Å². The van der Waals surface area contributed by atoms with E-state index in [9.17, 15) is 18.0 Å². The molecule has 0 aliphatic heterocycles. The van der Waals surface area contributed by atoms with Crippen molar-refractivity contribution in [3.05, 3.63) is 71.3 Å². The summed E-state index contributed by atoms with van der Waals surface area (Å²) in [5.41, 5.74) is -0.930. The van der Waals surface area contributed by atoms with Gasteiger partial charge in [0.15, 0.2) is 5.78 Å². The molecule has 0 N–H and O–H groups in total. The first-order chi connectivity index (χ1) is 10.4. The van der Waals surface area contributed by atoms with Gasteiger partial charge in [-0.2, -0.15) is 13.2 Å². The van der Waals surface area contributed by atoms with Gasteiger partial charge in [-0.1, -0.05) is 42.5 Å². The molecule has 0 fully saturated rings. The van der Waals surface area contributed by atoms with Crippen LogP contribution in [0.1, 0.15) is 15.9 Å². The monoisotopic (exact) mass is 306 g/mol. The number of hydrogen-bond donors (Lipinski definition) is 0. The second-order valence-corrected chi connectivity index (χ2v) is 4.52. The number of rotatable bonds is 4. The highest BCUT2D eigenvalue weighted by Gasteiger charge is 2.38. The van der Waals surface area contributed by atoms with E-state index in [1.165, 1.54) is 55.6 Å². The van der Waals surface area contributed by atoms with Crippen molar-refractivity contribution in [2.75, 3.05) is 7.11 Å². The maximum Gasteiger partial charge on any atom is 0.420 e. The van der Waals surface area contributed by atoms with Crippen LogP contribution in [-0.4, -0.2) is 19.1 Å². The molecule has 114 valence electrons. The highest BCUT2D eigenvalue weighted by atomic mass is 19.4. The molecule has 0 saturated carbocycles. The lowest BCUT2D eigenvalue weighted by molar-refractivity contribution is -0.0878. The lowest BCUT2D eigenvalue weighted by Gasteiger charge is -2.11. The smallest absolute Gasteiger partial charge is 0.420 e. The van der Waals surface area contributed by atoms with E-state index in [1.807, 2.05) is 0 Å². The van der Waals surface area contributed by atoms with Crippen LogP contribution in [0.2, 0.25) is 0 Å². The van der Waals surface area contributed by atoms with Crippen molar-refractivity contribution < 1.29 is 22.7 Å². The topological polar surface area (TPSA) is 26.3 Å². The van der Waals surface area contributed by atoms with Crippen molar-refractivity contribution in [2.24, 2.45) is 0 Å². The minimum absolute atomic E-state index is 0.000383. The molecule has 2 aromatic carbocycles. The Bertz CT molecular complexity index is 671. The van der Waals surface area contributed by atoms with Crippen LogP contribution in [0, 0.1) is 0 Å². The molecule has 5 heteroatoms. The summed E-state index contributed by atoms with van der Waals surface area (Å²) < 4.78 is 44.5. The highest BCUT2D eigenvalue weighted by molar-refractivity contribution is 6.12.